The van der Waals surface area contributed by atoms with Gasteiger partial charge in [-0.25, -0.2) is 4.79 Å². The fourth-order valence-electron chi connectivity index (χ4n) is 5.02. The van der Waals surface area contributed by atoms with Crippen LogP contribution in [0.1, 0.15) is 88.1 Å². The number of hydrogen-bond acceptors (Lipinski definition) is 6. The number of unbranched alkanes of at least 4 members (excludes halogenated alkanes) is 2. The molecule has 1 saturated carbocycles. The first-order valence-electron chi connectivity index (χ1n) is 15.2. The summed E-state index contributed by atoms with van der Waals surface area (Å²) < 4.78 is 11.6. The molecule has 1 aliphatic rings. The van der Waals surface area contributed by atoms with Gasteiger partial charge in [-0.05, 0) is 87.1 Å². The van der Waals surface area contributed by atoms with Crippen LogP contribution in [0.2, 0.25) is 0 Å². The van der Waals surface area contributed by atoms with E-state index in [1.54, 1.807) is 18.2 Å². The van der Waals surface area contributed by atoms with Crippen molar-refractivity contribution in [3.63, 3.8) is 0 Å². The van der Waals surface area contributed by atoms with E-state index in [4.69, 9.17) is 9.47 Å². The van der Waals surface area contributed by atoms with Crippen molar-refractivity contribution in [1.29, 1.82) is 0 Å². The second kappa shape index (κ2) is 17.5. The Kier molecular flexibility index (Phi) is 13.7. The molecule has 0 aromatic heterocycles. The number of aromatic hydroxyl groups is 1. The number of allylic oxidation sites excluding steroid dienone is 2. The van der Waals surface area contributed by atoms with Gasteiger partial charge in [0, 0.05) is 25.6 Å². The second-order valence-electron chi connectivity index (χ2n) is 11.5. The van der Waals surface area contributed by atoms with Gasteiger partial charge in [0.15, 0.2) is 11.5 Å². The maximum atomic E-state index is 12.3. The average molecular weight is 565 g/mol. The van der Waals surface area contributed by atoms with Crippen LogP contribution in [0.25, 0.3) is 0 Å². The summed E-state index contributed by atoms with van der Waals surface area (Å²) >= 11 is 0. The lowest BCUT2D eigenvalue weighted by molar-refractivity contribution is -0.121. The van der Waals surface area contributed by atoms with Gasteiger partial charge < -0.3 is 25.2 Å². The first kappa shape index (κ1) is 32.2. The lowest BCUT2D eigenvalue weighted by atomic mass is 9.86. The van der Waals surface area contributed by atoms with Crippen molar-refractivity contribution < 1.29 is 24.2 Å². The molecule has 1 aliphatic carbocycles. The van der Waals surface area contributed by atoms with E-state index in [1.807, 2.05) is 37.3 Å². The van der Waals surface area contributed by atoms with E-state index < -0.39 is 0 Å². The highest BCUT2D eigenvalue weighted by atomic mass is 16.5. The molecule has 0 heterocycles. The third-order valence-electron chi connectivity index (χ3n) is 7.33. The molecule has 3 atom stereocenters. The molecule has 3 N–H and O–H groups in total. The van der Waals surface area contributed by atoms with Crippen molar-refractivity contribution in [3.8, 4) is 11.5 Å². The fourth-order valence-corrected chi connectivity index (χ4v) is 5.02. The van der Waals surface area contributed by atoms with Crippen LogP contribution in [0.5, 0.6) is 11.5 Å². The molecule has 0 saturated heterocycles. The molecular weight excluding hydrogens is 516 g/mol. The number of benzene rings is 2. The van der Waals surface area contributed by atoms with Crippen LogP contribution < -0.4 is 15.4 Å². The standard InChI is InChI=1S/C34H48N2O5/c1-25(2)12-7-4-5-10-17-33(38)36-23-27-18-19-31(37)32(21-27)40-24-28-13-11-16-30(20-28)35-22-26(3)41-34(39)29-14-8-6-9-15-29/h6-9,12,14-15,18-19,21,25-26,28,30,35,37H,4-5,10-11,13,16-17,20,22-24H2,1-3H3,(H,36,38)/b12-7+. The normalized spacial score (nSPS) is 17.9. The van der Waals surface area contributed by atoms with E-state index >= 15 is 0 Å². The first-order valence-corrected chi connectivity index (χ1v) is 15.2. The molecule has 7 nitrogen and oxygen atoms in total. The minimum atomic E-state index is -0.304. The first-order chi connectivity index (χ1) is 19.8. The van der Waals surface area contributed by atoms with Crippen LogP contribution in [0, 0.1) is 11.8 Å². The lowest BCUT2D eigenvalue weighted by Gasteiger charge is -2.30. The van der Waals surface area contributed by atoms with Gasteiger partial charge in [0.2, 0.25) is 5.91 Å². The number of carbonyl (C=O) groups excluding carboxylic acids is 2. The predicted molar refractivity (Wildman–Crippen MR) is 163 cm³/mol. The number of nitrogens with one attached hydrogen (secondary N) is 2. The third kappa shape index (κ3) is 12.4. The Hall–Kier alpha value is -3.32. The summed E-state index contributed by atoms with van der Waals surface area (Å²) in [5.74, 6) is 1.22. The Bertz CT molecular complexity index is 1100. The molecule has 0 aliphatic heterocycles. The molecule has 0 radical (unpaired) electrons. The topological polar surface area (TPSA) is 96.9 Å². The smallest absolute Gasteiger partial charge is 0.338 e. The summed E-state index contributed by atoms with van der Waals surface area (Å²) in [6.07, 6.45) is 11.8. The van der Waals surface area contributed by atoms with E-state index in [0.717, 1.165) is 50.5 Å². The highest BCUT2D eigenvalue weighted by Gasteiger charge is 2.23. The number of phenolic OH excluding ortho intramolecular Hbond substituents is 1. The lowest BCUT2D eigenvalue weighted by Crippen LogP contribution is -2.40. The number of amides is 1. The average Bonchev–Trinajstić information content (AvgIpc) is 2.97. The number of ether oxygens (including phenoxy) is 2. The van der Waals surface area contributed by atoms with E-state index in [1.165, 1.54) is 0 Å². The van der Waals surface area contributed by atoms with Crippen molar-refractivity contribution in [2.45, 2.75) is 90.8 Å². The summed E-state index contributed by atoms with van der Waals surface area (Å²) in [5, 5.41) is 16.9. The third-order valence-corrected chi connectivity index (χ3v) is 7.33. The Labute approximate surface area is 245 Å². The highest BCUT2D eigenvalue weighted by Crippen LogP contribution is 2.30. The van der Waals surface area contributed by atoms with Crippen molar-refractivity contribution in [1.82, 2.24) is 10.6 Å². The number of esters is 1. The van der Waals surface area contributed by atoms with Crippen LogP contribution in [0.3, 0.4) is 0 Å². The summed E-state index contributed by atoms with van der Waals surface area (Å²) in [6.45, 7) is 7.75. The SMILES string of the molecule is CC(C)/C=C/CCCCC(=O)NCc1ccc(O)c(OCC2CCCC(NCC(C)OC(=O)c3ccccc3)C2)c1. The summed E-state index contributed by atoms with van der Waals surface area (Å²) in [6, 6.07) is 14.6. The van der Waals surface area contributed by atoms with Crippen LogP contribution in [-0.4, -0.2) is 42.3 Å². The predicted octanol–water partition coefficient (Wildman–Crippen LogP) is 6.55. The number of hydrogen-bond donors (Lipinski definition) is 3. The van der Waals surface area contributed by atoms with E-state index in [2.05, 4.69) is 36.6 Å². The molecule has 1 amide bonds. The van der Waals surface area contributed by atoms with Gasteiger partial charge >= 0.3 is 5.97 Å². The molecule has 3 unspecified atom stereocenters. The summed E-state index contributed by atoms with van der Waals surface area (Å²) in [5.41, 5.74) is 1.46. The van der Waals surface area contributed by atoms with Gasteiger partial charge in [-0.2, -0.15) is 0 Å². The molecule has 0 bridgehead atoms. The summed E-state index contributed by atoms with van der Waals surface area (Å²) in [4.78, 5) is 24.5. The molecule has 0 spiro atoms. The summed E-state index contributed by atoms with van der Waals surface area (Å²) in [7, 11) is 0. The minimum absolute atomic E-state index is 0.0401. The Morgan fingerprint density at radius 3 is 2.66 bits per heavy atom. The van der Waals surface area contributed by atoms with Gasteiger partial charge in [0.25, 0.3) is 0 Å². The number of carbonyl (C=O) groups is 2. The van der Waals surface area contributed by atoms with Gasteiger partial charge in [0.05, 0.1) is 12.2 Å². The van der Waals surface area contributed by atoms with Crippen molar-refractivity contribution in [3.05, 3.63) is 71.8 Å². The Balaban J connectivity index is 1.36. The molecule has 2 aromatic carbocycles. The van der Waals surface area contributed by atoms with E-state index in [0.29, 0.717) is 55.3 Å². The quantitative estimate of drug-likeness (QED) is 0.121. The molecule has 2 aromatic rings. The molecule has 1 fully saturated rings. The maximum Gasteiger partial charge on any atom is 0.338 e. The number of rotatable bonds is 16. The van der Waals surface area contributed by atoms with Crippen molar-refractivity contribution in [2.75, 3.05) is 13.2 Å². The second-order valence-corrected chi connectivity index (χ2v) is 11.5. The Morgan fingerprint density at radius 2 is 1.88 bits per heavy atom. The zero-order valence-electron chi connectivity index (χ0n) is 24.9. The largest absolute Gasteiger partial charge is 0.504 e. The molecule has 41 heavy (non-hydrogen) atoms. The molecule has 224 valence electrons. The van der Waals surface area contributed by atoms with E-state index in [9.17, 15) is 14.7 Å². The van der Waals surface area contributed by atoms with E-state index in [-0.39, 0.29) is 23.7 Å². The van der Waals surface area contributed by atoms with Gasteiger partial charge in [-0.15, -0.1) is 0 Å². The van der Waals surface area contributed by atoms with Crippen LogP contribution in [0.15, 0.2) is 60.7 Å². The van der Waals surface area contributed by atoms with Gasteiger partial charge in [-0.3, -0.25) is 4.79 Å². The van der Waals surface area contributed by atoms with Gasteiger partial charge in [-0.1, -0.05) is 56.7 Å². The van der Waals surface area contributed by atoms with Crippen LogP contribution >= 0.6 is 0 Å². The zero-order chi connectivity index (χ0) is 29.5. The van der Waals surface area contributed by atoms with Crippen LogP contribution in [0.4, 0.5) is 0 Å². The molecule has 3 rings (SSSR count). The monoisotopic (exact) mass is 564 g/mol. The van der Waals surface area contributed by atoms with Crippen molar-refractivity contribution >= 4 is 11.9 Å². The van der Waals surface area contributed by atoms with Crippen molar-refractivity contribution in [2.24, 2.45) is 11.8 Å². The fraction of sp³-hybridized carbons (Fsp3) is 0.529. The highest BCUT2D eigenvalue weighted by molar-refractivity contribution is 5.89. The Morgan fingerprint density at radius 1 is 1.07 bits per heavy atom. The number of phenols is 1. The molecular formula is C34H48N2O5. The van der Waals surface area contributed by atoms with Crippen LogP contribution in [-0.2, 0) is 16.1 Å². The van der Waals surface area contributed by atoms with Gasteiger partial charge in [0.1, 0.15) is 6.10 Å². The maximum absolute atomic E-state index is 12.3. The minimum Gasteiger partial charge on any atom is -0.504 e. The molecule has 7 heteroatoms. The zero-order valence-corrected chi connectivity index (χ0v) is 24.9.